The zero-order valence-corrected chi connectivity index (χ0v) is 22.9. The summed E-state index contributed by atoms with van der Waals surface area (Å²) in [6, 6.07) is 16.2. The standard InChI is InChI=1S/C29H38N4O2S/c1-7-18-33-26(13-10-19-35-23-16-14-22(15-17-23)29(4,5)6)31-32-28(33)36-20-27(34)30-25-12-9-8-11-24(25)21(2)3/h7-9,11-12,14-17,21H,1,10,13,18-20H2,2-6H3,(H,30,34). The van der Waals surface area contributed by atoms with Gasteiger partial charge in [0, 0.05) is 18.7 Å². The Morgan fingerprint density at radius 2 is 1.86 bits per heavy atom. The number of anilines is 1. The molecule has 0 radical (unpaired) electrons. The molecule has 1 aromatic heterocycles. The molecule has 1 amide bonds. The molecule has 0 fully saturated rings. The molecule has 0 aliphatic heterocycles. The first-order valence-electron chi connectivity index (χ1n) is 12.5. The van der Waals surface area contributed by atoms with Gasteiger partial charge in [-0.15, -0.1) is 16.8 Å². The number of nitrogens with one attached hydrogen (secondary N) is 1. The van der Waals surface area contributed by atoms with E-state index in [2.05, 4.69) is 68.8 Å². The Morgan fingerprint density at radius 1 is 1.14 bits per heavy atom. The number of benzene rings is 2. The average molecular weight is 507 g/mol. The summed E-state index contributed by atoms with van der Waals surface area (Å²) < 4.78 is 7.95. The molecule has 192 valence electrons. The fourth-order valence-electron chi connectivity index (χ4n) is 3.83. The van der Waals surface area contributed by atoms with Crippen molar-refractivity contribution in [2.75, 3.05) is 17.7 Å². The Morgan fingerprint density at radius 3 is 2.53 bits per heavy atom. The number of hydrogen-bond acceptors (Lipinski definition) is 5. The number of para-hydroxylation sites is 1. The van der Waals surface area contributed by atoms with Gasteiger partial charge in [0.25, 0.3) is 0 Å². The highest BCUT2D eigenvalue weighted by atomic mass is 32.2. The molecular formula is C29H38N4O2S. The number of ether oxygens (including phenoxy) is 1. The second-order valence-corrected chi connectivity index (χ2v) is 11.0. The molecule has 36 heavy (non-hydrogen) atoms. The van der Waals surface area contributed by atoms with E-state index in [-0.39, 0.29) is 17.1 Å². The summed E-state index contributed by atoms with van der Waals surface area (Å²) >= 11 is 1.39. The Labute approximate surface area is 219 Å². The number of thioether (sulfide) groups is 1. The second-order valence-electron chi connectivity index (χ2n) is 10.1. The molecule has 3 aromatic rings. The fourth-order valence-corrected chi connectivity index (χ4v) is 4.59. The van der Waals surface area contributed by atoms with Gasteiger partial charge in [-0.2, -0.15) is 0 Å². The smallest absolute Gasteiger partial charge is 0.234 e. The normalized spacial score (nSPS) is 11.5. The van der Waals surface area contributed by atoms with E-state index in [0.717, 1.165) is 40.8 Å². The Bertz CT molecular complexity index is 1150. The number of nitrogens with zero attached hydrogens (tertiary/aromatic N) is 3. The van der Waals surface area contributed by atoms with Crippen LogP contribution in [0.2, 0.25) is 0 Å². The summed E-state index contributed by atoms with van der Waals surface area (Å²) in [7, 11) is 0. The maximum atomic E-state index is 12.6. The summed E-state index contributed by atoms with van der Waals surface area (Å²) in [4.78, 5) is 12.6. The van der Waals surface area contributed by atoms with Crippen molar-refractivity contribution in [1.29, 1.82) is 0 Å². The Balaban J connectivity index is 1.52. The van der Waals surface area contributed by atoms with Gasteiger partial charge in [-0.3, -0.25) is 4.79 Å². The van der Waals surface area contributed by atoms with Gasteiger partial charge < -0.3 is 14.6 Å². The number of carbonyl (C=O) groups excluding carboxylic acids is 1. The van der Waals surface area contributed by atoms with E-state index in [1.54, 1.807) is 0 Å². The lowest BCUT2D eigenvalue weighted by molar-refractivity contribution is -0.113. The molecule has 3 rings (SSSR count). The number of allylic oxidation sites excluding steroid dienone is 1. The molecule has 0 aliphatic rings. The lowest BCUT2D eigenvalue weighted by atomic mass is 9.87. The first kappa shape index (κ1) is 27.5. The van der Waals surface area contributed by atoms with Crippen LogP contribution in [0.5, 0.6) is 5.75 Å². The van der Waals surface area contributed by atoms with Gasteiger partial charge in [0.2, 0.25) is 5.91 Å². The highest BCUT2D eigenvalue weighted by Gasteiger charge is 2.15. The molecule has 0 saturated carbocycles. The largest absolute Gasteiger partial charge is 0.494 e. The van der Waals surface area contributed by atoms with Crippen molar-refractivity contribution < 1.29 is 9.53 Å². The van der Waals surface area contributed by atoms with Gasteiger partial charge in [0.1, 0.15) is 11.6 Å². The first-order valence-corrected chi connectivity index (χ1v) is 13.5. The zero-order valence-electron chi connectivity index (χ0n) is 22.1. The third-order valence-corrected chi connectivity index (χ3v) is 6.79. The lowest BCUT2D eigenvalue weighted by Crippen LogP contribution is -2.16. The van der Waals surface area contributed by atoms with E-state index in [4.69, 9.17) is 4.74 Å². The molecule has 0 atom stereocenters. The fraction of sp³-hybridized carbons (Fsp3) is 0.414. The minimum atomic E-state index is -0.0614. The van der Waals surface area contributed by atoms with Gasteiger partial charge in [-0.25, -0.2) is 0 Å². The van der Waals surface area contributed by atoms with Crippen LogP contribution in [-0.4, -0.2) is 33.0 Å². The molecule has 0 saturated heterocycles. The summed E-state index contributed by atoms with van der Waals surface area (Å²) in [5.41, 5.74) is 3.40. The third-order valence-electron chi connectivity index (χ3n) is 5.83. The van der Waals surface area contributed by atoms with Crippen LogP contribution in [0.25, 0.3) is 0 Å². The maximum Gasteiger partial charge on any atom is 0.234 e. The predicted octanol–water partition coefficient (Wildman–Crippen LogP) is 6.63. The van der Waals surface area contributed by atoms with Crippen LogP contribution in [0.1, 0.15) is 63.9 Å². The van der Waals surface area contributed by atoms with Crippen molar-refractivity contribution in [2.24, 2.45) is 0 Å². The number of aryl methyl sites for hydroxylation is 1. The van der Waals surface area contributed by atoms with Crippen LogP contribution >= 0.6 is 11.8 Å². The minimum absolute atomic E-state index is 0.0614. The van der Waals surface area contributed by atoms with Gasteiger partial charge in [-0.1, -0.05) is 82.8 Å². The van der Waals surface area contributed by atoms with Crippen LogP contribution < -0.4 is 10.1 Å². The highest BCUT2D eigenvalue weighted by Crippen LogP contribution is 2.26. The van der Waals surface area contributed by atoms with Crippen molar-refractivity contribution >= 4 is 23.4 Å². The number of amides is 1. The van der Waals surface area contributed by atoms with E-state index in [0.29, 0.717) is 19.1 Å². The van der Waals surface area contributed by atoms with Crippen LogP contribution in [0.15, 0.2) is 66.3 Å². The molecule has 7 heteroatoms. The van der Waals surface area contributed by atoms with Crippen LogP contribution in [-0.2, 0) is 23.2 Å². The molecular weight excluding hydrogens is 468 g/mol. The molecule has 0 unspecified atom stereocenters. The third kappa shape index (κ3) is 7.72. The molecule has 0 bridgehead atoms. The molecule has 0 aliphatic carbocycles. The first-order chi connectivity index (χ1) is 17.2. The maximum absolute atomic E-state index is 12.6. The quantitative estimate of drug-likeness (QED) is 0.170. The summed E-state index contributed by atoms with van der Waals surface area (Å²) in [5.74, 6) is 2.27. The van der Waals surface area contributed by atoms with Crippen molar-refractivity contribution in [1.82, 2.24) is 14.8 Å². The number of aromatic nitrogens is 3. The van der Waals surface area contributed by atoms with Crippen molar-refractivity contribution in [3.05, 3.63) is 78.1 Å². The summed E-state index contributed by atoms with van der Waals surface area (Å²) in [6.45, 7) is 15.9. The Hall–Kier alpha value is -3.06. The molecule has 1 N–H and O–H groups in total. The van der Waals surface area contributed by atoms with E-state index in [1.165, 1.54) is 17.3 Å². The van der Waals surface area contributed by atoms with Gasteiger partial charge in [-0.05, 0) is 47.1 Å². The molecule has 2 aromatic carbocycles. The van der Waals surface area contributed by atoms with Crippen LogP contribution in [0.3, 0.4) is 0 Å². The highest BCUT2D eigenvalue weighted by molar-refractivity contribution is 7.99. The van der Waals surface area contributed by atoms with Crippen molar-refractivity contribution in [3.63, 3.8) is 0 Å². The summed E-state index contributed by atoms with van der Waals surface area (Å²) in [5, 5.41) is 12.5. The molecule has 1 heterocycles. The van der Waals surface area contributed by atoms with Crippen molar-refractivity contribution in [2.45, 2.75) is 70.5 Å². The number of carbonyl (C=O) groups is 1. The minimum Gasteiger partial charge on any atom is -0.494 e. The van der Waals surface area contributed by atoms with Crippen LogP contribution in [0, 0.1) is 0 Å². The molecule has 0 spiro atoms. The predicted molar refractivity (Wildman–Crippen MR) is 149 cm³/mol. The topological polar surface area (TPSA) is 69.0 Å². The SMILES string of the molecule is C=CCn1c(CCCOc2ccc(C(C)(C)C)cc2)nnc1SCC(=O)Nc1ccccc1C(C)C. The number of hydrogen-bond donors (Lipinski definition) is 1. The molecule has 6 nitrogen and oxygen atoms in total. The van der Waals surface area contributed by atoms with Gasteiger partial charge in [0.15, 0.2) is 5.16 Å². The summed E-state index contributed by atoms with van der Waals surface area (Å²) in [6.07, 6.45) is 3.37. The second kappa shape index (κ2) is 12.8. The van der Waals surface area contributed by atoms with E-state index >= 15 is 0 Å². The van der Waals surface area contributed by atoms with Crippen LogP contribution in [0.4, 0.5) is 5.69 Å². The monoisotopic (exact) mass is 506 g/mol. The lowest BCUT2D eigenvalue weighted by Gasteiger charge is -2.19. The van der Waals surface area contributed by atoms with E-state index in [1.807, 2.05) is 47.0 Å². The average Bonchev–Trinajstić information content (AvgIpc) is 3.22. The van der Waals surface area contributed by atoms with E-state index < -0.39 is 0 Å². The Kier molecular flexibility index (Phi) is 9.76. The number of rotatable bonds is 12. The van der Waals surface area contributed by atoms with Gasteiger partial charge in [0.05, 0.1) is 12.4 Å². The van der Waals surface area contributed by atoms with E-state index in [9.17, 15) is 4.79 Å². The zero-order chi connectivity index (χ0) is 26.1. The van der Waals surface area contributed by atoms with Gasteiger partial charge >= 0.3 is 0 Å². The van der Waals surface area contributed by atoms with Crippen molar-refractivity contribution in [3.8, 4) is 5.75 Å².